The Bertz CT molecular complexity index is 1590. The Morgan fingerprint density at radius 3 is 2.17 bits per heavy atom. The third-order valence-electron chi connectivity index (χ3n) is 4.87. The zero-order valence-corrected chi connectivity index (χ0v) is 18.4. The fourth-order valence-corrected chi connectivity index (χ4v) is 3.84. The Balaban J connectivity index is 1.84. The lowest BCUT2D eigenvalue weighted by molar-refractivity contribution is -0.142. The van der Waals surface area contributed by atoms with Gasteiger partial charge in [-0.25, -0.2) is 17.9 Å². The third kappa shape index (κ3) is 5.14. The van der Waals surface area contributed by atoms with Crippen molar-refractivity contribution in [3.8, 4) is 23.1 Å². The summed E-state index contributed by atoms with van der Waals surface area (Å²) in [5, 5.41) is 3.72. The van der Waals surface area contributed by atoms with Crippen LogP contribution in [0.3, 0.4) is 0 Å². The number of rotatable bonds is 2. The molecular weight excluding hydrogens is 496 g/mol. The Hall–Kier alpha value is -3.85. The van der Waals surface area contributed by atoms with Gasteiger partial charge in [0.2, 0.25) is 0 Å². The van der Waals surface area contributed by atoms with Crippen molar-refractivity contribution in [3.63, 3.8) is 0 Å². The molecule has 0 atom stereocenters. The molecule has 0 N–H and O–H groups in total. The highest BCUT2D eigenvalue weighted by Crippen LogP contribution is 2.34. The van der Waals surface area contributed by atoms with Crippen molar-refractivity contribution >= 4 is 15.5 Å². The second-order valence-electron chi connectivity index (χ2n) is 7.44. The molecular formula is C23H13F6N3O2S. The SMILES string of the molecule is CS(=O)(=O)c1cccc(C#Cc2cnn3c(C(F)(F)F)cc(-c4ccc(C(F)(F)F)cc4)nc23)c1. The molecule has 4 rings (SSSR count). The smallest absolute Gasteiger partial charge is 0.227 e. The van der Waals surface area contributed by atoms with Crippen LogP contribution in [0.15, 0.2) is 65.7 Å². The van der Waals surface area contributed by atoms with Crippen molar-refractivity contribution in [2.45, 2.75) is 17.2 Å². The van der Waals surface area contributed by atoms with Crippen molar-refractivity contribution in [2.24, 2.45) is 0 Å². The lowest BCUT2D eigenvalue weighted by atomic mass is 10.1. The van der Waals surface area contributed by atoms with E-state index < -0.39 is 33.4 Å². The van der Waals surface area contributed by atoms with E-state index in [1.54, 1.807) is 0 Å². The van der Waals surface area contributed by atoms with E-state index in [0.717, 1.165) is 36.7 Å². The van der Waals surface area contributed by atoms with Gasteiger partial charge in [-0.05, 0) is 36.4 Å². The molecule has 2 aromatic heterocycles. The zero-order valence-electron chi connectivity index (χ0n) is 17.6. The average Bonchev–Trinajstić information content (AvgIpc) is 3.18. The van der Waals surface area contributed by atoms with Crippen LogP contribution in [-0.2, 0) is 22.2 Å². The molecule has 0 aliphatic rings. The summed E-state index contributed by atoms with van der Waals surface area (Å²) < 4.78 is 104. The van der Waals surface area contributed by atoms with E-state index in [1.807, 2.05) is 0 Å². The van der Waals surface area contributed by atoms with Gasteiger partial charge >= 0.3 is 12.4 Å². The molecule has 5 nitrogen and oxygen atoms in total. The molecule has 0 spiro atoms. The van der Waals surface area contributed by atoms with Gasteiger partial charge in [0.05, 0.1) is 27.9 Å². The first-order valence-electron chi connectivity index (χ1n) is 9.69. The van der Waals surface area contributed by atoms with Gasteiger partial charge in [-0.3, -0.25) is 0 Å². The molecule has 0 radical (unpaired) electrons. The summed E-state index contributed by atoms with van der Waals surface area (Å²) in [4.78, 5) is 4.18. The number of hydrogen-bond acceptors (Lipinski definition) is 4. The lowest BCUT2D eigenvalue weighted by Gasteiger charge is -2.12. The molecule has 0 saturated heterocycles. The number of nitrogens with zero attached hydrogens (tertiary/aromatic N) is 3. The maximum atomic E-state index is 13.7. The number of benzene rings is 2. The van der Waals surface area contributed by atoms with Crippen LogP contribution in [0.2, 0.25) is 0 Å². The van der Waals surface area contributed by atoms with Crippen LogP contribution in [0, 0.1) is 11.8 Å². The van der Waals surface area contributed by atoms with Crippen LogP contribution in [0.5, 0.6) is 0 Å². The highest BCUT2D eigenvalue weighted by Gasteiger charge is 2.36. The van der Waals surface area contributed by atoms with Gasteiger partial charge in [-0.1, -0.05) is 30.0 Å². The van der Waals surface area contributed by atoms with Gasteiger partial charge in [0.25, 0.3) is 0 Å². The zero-order chi connectivity index (χ0) is 25.6. The number of fused-ring (bicyclic) bond motifs is 1. The predicted octanol–water partition coefficient (Wildman–Crippen LogP) is 5.24. The van der Waals surface area contributed by atoms with E-state index in [4.69, 9.17) is 0 Å². The highest BCUT2D eigenvalue weighted by atomic mass is 32.2. The van der Waals surface area contributed by atoms with Crippen LogP contribution >= 0.6 is 0 Å². The van der Waals surface area contributed by atoms with Gasteiger partial charge in [0, 0.05) is 17.4 Å². The second kappa shape index (κ2) is 8.42. The normalized spacial score (nSPS) is 12.4. The van der Waals surface area contributed by atoms with Crippen LogP contribution < -0.4 is 0 Å². The molecule has 0 aliphatic heterocycles. The Morgan fingerprint density at radius 1 is 0.886 bits per heavy atom. The molecule has 4 aromatic rings. The first-order chi connectivity index (χ1) is 16.2. The third-order valence-corrected chi connectivity index (χ3v) is 5.98. The fourth-order valence-electron chi connectivity index (χ4n) is 3.17. The van der Waals surface area contributed by atoms with Gasteiger partial charge < -0.3 is 0 Å². The Labute approximate surface area is 195 Å². The van der Waals surface area contributed by atoms with Crippen molar-refractivity contribution in [1.82, 2.24) is 14.6 Å². The molecule has 2 aromatic carbocycles. The lowest BCUT2D eigenvalue weighted by Crippen LogP contribution is -2.13. The predicted molar refractivity (Wildman–Crippen MR) is 114 cm³/mol. The second-order valence-corrected chi connectivity index (χ2v) is 9.46. The molecule has 0 bridgehead atoms. The monoisotopic (exact) mass is 509 g/mol. The van der Waals surface area contributed by atoms with Crippen LogP contribution in [0.1, 0.15) is 22.4 Å². The summed E-state index contributed by atoms with van der Waals surface area (Å²) >= 11 is 0. The van der Waals surface area contributed by atoms with Crippen molar-refractivity contribution in [3.05, 3.63) is 83.2 Å². The van der Waals surface area contributed by atoms with Gasteiger partial charge in [0.1, 0.15) is 0 Å². The summed E-state index contributed by atoms with van der Waals surface area (Å²) in [7, 11) is -3.49. The standard InChI is InChI=1S/C23H13F6N3O2S/c1-35(33,34)18-4-2-3-14(11-18)5-6-16-13-30-32-20(23(27,28)29)12-19(31-21(16)32)15-7-9-17(10-8-15)22(24,25)26/h2-4,7-13H,1H3. The highest BCUT2D eigenvalue weighted by molar-refractivity contribution is 7.90. The molecule has 0 fully saturated rings. The average molecular weight is 509 g/mol. The van der Waals surface area contributed by atoms with Crippen molar-refractivity contribution < 1.29 is 34.8 Å². The van der Waals surface area contributed by atoms with Gasteiger partial charge in [-0.15, -0.1) is 0 Å². The molecule has 12 heteroatoms. The largest absolute Gasteiger partial charge is 0.433 e. The van der Waals surface area contributed by atoms with E-state index in [9.17, 15) is 34.8 Å². The number of sulfone groups is 1. The Morgan fingerprint density at radius 2 is 1.57 bits per heavy atom. The van der Waals surface area contributed by atoms with Crippen LogP contribution in [-0.4, -0.2) is 29.3 Å². The topological polar surface area (TPSA) is 64.3 Å². The fraction of sp³-hybridized carbons (Fsp3) is 0.130. The van der Waals surface area contributed by atoms with E-state index in [2.05, 4.69) is 21.9 Å². The van der Waals surface area contributed by atoms with E-state index in [-0.39, 0.29) is 27.4 Å². The van der Waals surface area contributed by atoms with Gasteiger partial charge in [-0.2, -0.15) is 31.4 Å². The summed E-state index contributed by atoms with van der Waals surface area (Å²) in [6.07, 6.45) is -7.35. The van der Waals surface area contributed by atoms with Crippen LogP contribution in [0.25, 0.3) is 16.9 Å². The maximum absolute atomic E-state index is 13.7. The van der Waals surface area contributed by atoms with E-state index in [1.165, 1.54) is 24.3 Å². The minimum absolute atomic E-state index is 0.00835. The number of alkyl halides is 6. The van der Waals surface area contributed by atoms with Crippen LogP contribution in [0.4, 0.5) is 26.3 Å². The molecule has 2 heterocycles. The molecule has 0 aliphatic carbocycles. The minimum atomic E-state index is -4.84. The minimum Gasteiger partial charge on any atom is -0.227 e. The molecule has 0 saturated carbocycles. The van der Waals surface area contributed by atoms with Crippen molar-refractivity contribution in [1.29, 1.82) is 0 Å². The number of aromatic nitrogens is 3. The first-order valence-corrected chi connectivity index (χ1v) is 11.6. The number of halogens is 6. The first kappa shape index (κ1) is 24.3. The molecule has 0 amide bonds. The number of hydrogen-bond donors (Lipinski definition) is 0. The molecule has 0 unspecified atom stereocenters. The summed E-state index contributed by atoms with van der Waals surface area (Å²) in [5.74, 6) is 5.32. The molecule has 180 valence electrons. The molecule has 35 heavy (non-hydrogen) atoms. The maximum Gasteiger partial charge on any atom is 0.433 e. The summed E-state index contributed by atoms with van der Waals surface area (Å²) in [5.41, 5.74) is -2.29. The summed E-state index contributed by atoms with van der Waals surface area (Å²) in [6, 6.07) is 9.94. The Kier molecular flexibility index (Phi) is 5.84. The van der Waals surface area contributed by atoms with E-state index in [0.29, 0.717) is 16.1 Å². The van der Waals surface area contributed by atoms with Crippen molar-refractivity contribution in [2.75, 3.05) is 6.26 Å². The summed E-state index contributed by atoms with van der Waals surface area (Å²) in [6.45, 7) is 0. The van der Waals surface area contributed by atoms with E-state index >= 15 is 0 Å². The van der Waals surface area contributed by atoms with Gasteiger partial charge in [0.15, 0.2) is 21.2 Å². The quantitative estimate of drug-likeness (QED) is 0.274.